The molecule has 1 unspecified atom stereocenters. The van der Waals surface area contributed by atoms with Crippen molar-refractivity contribution in [3.05, 3.63) is 11.1 Å². The zero-order valence-corrected chi connectivity index (χ0v) is 10.5. The van der Waals surface area contributed by atoms with Gasteiger partial charge in [0.25, 0.3) is 0 Å². The first kappa shape index (κ1) is 14.5. The summed E-state index contributed by atoms with van der Waals surface area (Å²) in [5.41, 5.74) is 1.92. The first-order chi connectivity index (χ1) is 6.61. The van der Waals surface area contributed by atoms with Crippen molar-refractivity contribution in [1.29, 1.82) is 0 Å². The van der Waals surface area contributed by atoms with E-state index in [0.717, 1.165) is 24.2 Å². The molecule has 0 aliphatic carbocycles. The van der Waals surface area contributed by atoms with E-state index in [9.17, 15) is 4.79 Å². The molecule has 3 nitrogen and oxygen atoms in total. The second-order valence-corrected chi connectivity index (χ2v) is 4.13. The molecule has 0 aromatic heterocycles. The maximum Gasteiger partial charge on any atom is 0.246 e. The third-order valence-corrected chi connectivity index (χ3v) is 2.76. The molecule has 0 bridgehead atoms. The third kappa shape index (κ3) is 4.67. The molecule has 88 valence electrons. The molecule has 1 rings (SSSR count). The van der Waals surface area contributed by atoms with E-state index in [4.69, 9.17) is 0 Å². The van der Waals surface area contributed by atoms with Gasteiger partial charge in [0.15, 0.2) is 0 Å². The van der Waals surface area contributed by atoms with Crippen LogP contribution in [0.1, 0.15) is 33.6 Å². The fourth-order valence-electron chi connectivity index (χ4n) is 1.51. The molecule has 0 aromatic rings. The molecule has 1 aliphatic heterocycles. The van der Waals surface area contributed by atoms with E-state index >= 15 is 0 Å². The van der Waals surface area contributed by atoms with Crippen LogP contribution in [0.3, 0.4) is 0 Å². The second-order valence-electron chi connectivity index (χ2n) is 4.13. The van der Waals surface area contributed by atoms with E-state index in [2.05, 4.69) is 10.6 Å². The van der Waals surface area contributed by atoms with Crippen LogP contribution in [0.25, 0.3) is 0 Å². The van der Waals surface area contributed by atoms with Crippen molar-refractivity contribution in [2.45, 2.75) is 39.7 Å². The fourth-order valence-corrected chi connectivity index (χ4v) is 1.51. The number of rotatable bonds is 3. The van der Waals surface area contributed by atoms with Gasteiger partial charge in [0.1, 0.15) is 0 Å². The molecule has 0 aromatic carbocycles. The molecule has 1 atom stereocenters. The highest BCUT2D eigenvalue weighted by Gasteiger charge is 2.15. The van der Waals surface area contributed by atoms with E-state index in [1.807, 2.05) is 20.8 Å². The molecular weight excluding hydrogens is 212 g/mol. The lowest BCUT2D eigenvalue weighted by atomic mass is 10.1. The summed E-state index contributed by atoms with van der Waals surface area (Å²) in [6.45, 7) is 7.63. The summed E-state index contributed by atoms with van der Waals surface area (Å²) >= 11 is 0. The lowest BCUT2D eigenvalue weighted by molar-refractivity contribution is -0.117. The average molecular weight is 233 g/mol. The Morgan fingerprint density at radius 2 is 2.07 bits per heavy atom. The van der Waals surface area contributed by atoms with Crippen molar-refractivity contribution in [3.8, 4) is 0 Å². The number of amides is 1. The lowest BCUT2D eigenvalue weighted by Crippen LogP contribution is -2.37. The van der Waals surface area contributed by atoms with Crippen molar-refractivity contribution >= 4 is 18.3 Å². The lowest BCUT2D eigenvalue weighted by Gasteiger charge is -2.12. The van der Waals surface area contributed by atoms with E-state index in [0.29, 0.717) is 6.04 Å². The van der Waals surface area contributed by atoms with Gasteiger partial charge < -0.3 is 10.6 Å². The van der Waals surface area contributed by atoms with Crippen LogP contribution in [0, 0.1) is 0 Å². The van der Waals surface area contributed by atoms with Gasteiger partial charge in [0.05, 0.1) is 0 Å². The van der Waals surface area contributed by atoms with Gasteiger partial charge in [-0.1, -0.05) is 5.57 Å². The zero-order valence-electron chi connectivity index (χ0n) is 9.72. The quantitative estimate of drug-likeness (QED) is 0.727. The highest BCUT2D eigenvalue weighted by molar-refractivity contribution is 5.93. The summed E-state index contributed by atoms with van der Waals surface area (Å²) in [5, 5.41) is 6.30. The number of carbonyl (C=O) groups excluding carboxylic acids is 1. The van der Waals surface area contributed by atoms with Gasteiger partial charge in [-0.25, -0.2) is 0 Å². The smallest absolute Gasteiger partial charge is 0.246 e. The number of nitrogens with one attached hydrogen (secondary N) is 2. The predicted molar refractivity (Wildman–Crippen MR) is 65.3 cm³/mol. The predicted octanol–water partition coefficient (Wildman–Crippen LogP) is 1.63. The van der Waals surface area contributed by atoms with E-state index < -0.39 is 0 Å². The molecule has 0 saturated carbocycles. The van der Waals surface area contributed by atoms with Crippen molar-refractivity contribution in [3.63, 3.8) is 0 Å². The Kier molecular flexibility index (Phi) is 6.61. The summed E-state index contributed by atoms with van der Waals surface area (Å²) < 4.78 is 0. The minimum absolute atomic E-state index is 0. The molecule has 2 N–H and O–H groups in total. The maximum atomic E-state index is 11.5. The number of allylic oxidation sites excluding steroid dienone is 1. The summed E-state index contributed by atoms with van der Waals surface area (Å²) in [6.07, 6.45) is 2.40. The molecule has 0 spiro atoms. The van der Waals surface area contributed by atoms with Gasteiger partial charge in [-0.3, -0.25) is 4.79 Å². The van der Waals surface area contributed by atoms with Crippen LogP contribution in [0.2, 0.25) is 0 Å². The fraction of sp³-hybridized carbons (Fsp3) is 0.727. The number of halogens is 1. The Hall–Kier alpha value is -0.540. The molecular formula is C11H21ClN2O. The molecule has 1 amide bonds. The van der Waals surface area contributed by atoms with Crippen LogP contribution in [0.15, 0.2) is 11.1 Å². The van der Waals surface area contributed by atoms with Crippen molar-refractivity contribution < 1.29 is 4.79 Å². The first-order valence-corrected chi connectivity index (χ1v) is 5.27. The summed E-state index contributed by atoms with van der Waals surface area (Å²) in [4.78, 5) is 11.5. The third-order valence-electron chi connectivity index (χ3n) is 2.76. The molecule has 1 aliphatic rings. The standard InChI is InChI=1S/C11H20N2O.ClH/c1-8(2)9(3)11(14)13-7-10-5-4-6-12-10;/h10,12H,4-7H2,1-3H3,(H,13,14);1H. The molecule has 1 saturated heterocycles. The Labute approximate surface area is 98.1 Å². The monoisotopic (exact) mass is 232 g/mol. The van der Waals surface area contributed by atoms with E-state index in [1.165, 1.54) is 12.8 Å². The van der Waals surface area contributed by atoms with Crippen molar-refractivity contribution in [2.75, 3.05) is 13.1 Å². The van der Waals surface area contributed by atoms with Crippen LogP contribution in [0.4, 0.5) is 0 Å². The minimum Gasteiger partial charge on any atom is -0.351 e. The van der Waals surface area contributed by atoms with Crippen LogP contribution in [0.5, 0.6) is 0 Å². The van der Waals surface area contributed by atoms with Gasteiger partial charge >= 0.3 is 0 Å². The Morgan fingerprint density at radius 3 is 2.53 bits per heavy atom. The molecule has 0 radical (unpaired) electrons. The van der Waals surface area contributed by atoms with Gasteiger partial charge in [-0.2, -0.15) is 0 Å². The Bertz CT molecular complexity index is 241. The van der Waals surface area contributed by atoms with E-state index in [-0.39, 0.29) is 18.3 Å². The Morgan fingerprint density at radius 1 is 1.40 bits per heavy atom. The normalized spacial score (nSPS) is 19.3. The highest BCUT2D eigenvalue weighted by atomic mass is 35.5. The van der Waals surface area contributed by atoms with Gasteiger partial charge in [-0.05, 0) is 40.2 Å². The van der Waals surface area contributed by atoms with Crippen LogP contribution < -0.4 is 10.6 Å². The summed E-state index contributed by atoms with van der Waals surface area (Å²) in [7, 11) is 0. The van der Waals surface area contributed by atoms with Crippen molar-refractivity contribution in [1.82, 2.24) is 10.6 Å². The summed E-state index contributed by atoms with van der Waals surface area (Å²) in [5.74, 6) is 0.0682. The summed E-state index contributed by atoms with van der Waals surface area (Å²) in [6, 6.07) is 0.476. The highest BCUT2D eigenvalue weighted by Crippen LogP contribution is 2.05. The van der Waals surface area contributed by atoms with Crippen LogP contribution in [-0.4, -0.2) is 25.0 Å². The van der Waals surface area contributed by atoms with Gasteiger partial charge in [0.2, 0.25) is 5.91 Å². The van der Waals surface area contributed by atoms with Crippen LogP contribution >= 0.6 is 12.4 Å². The molecule has 15 heavy (non-hydrogen) atoms. The van der Waals surface area contributed by atoms with Gasteiger partial charge in [0, 0.05) is 18.2 Å². The number of hydrogen-bond donors (Lipinski definition) is 2. The largest absolute Gasteiger partial charge is 0.351 e. The first-order valence-electron chi connectivity index (χ1n) is 5.27. The topological polar surface area (TPSA) is 41.1 Å². The average Bonchev–Trinajstić information content (AvgIpc) is 2.65. The van der Waals surface area contributed by atoms with E-state index in [1.54, 1.807) is 0 Å². The number of hydrogen-bond acceptors (Lipinski definition) is 2. The minimum atomic E-state index is 0. The Balaban J connectivity index is 0.00000196. The maximum absolute atomic E-state index is 11.5. The molecule has 4 heteroatoms. The SMILES string of the molecule is CC(C)=C(C)C(=O)NCC1CCCN1.Cl. The van der Waals surface area contributed by atoms with Crippen molar-refractivity contribution in [2.24, 2.45) is 0 Å². The zero-order chi connectivity index (χ0) is 10.6. The van der Waals surface area contributed by atoms with Gasteiger partial charge in [-0.15, -0.1) is 12.4 Å². The molecule has 1 heterocycles. The molecule has 1 fully saturated rings. The number of carbonyl (C=O) groups is 1. The second kappa shape index (κ2) is 6.85. The van der Waals surface area contributed by atoms with Crippen LogP contribution in [-0.2, 0) is 4.79 Å².